The molecule has 2 aliphatic rings. The first-order valence-electron chi connectivity index (χ1n) is 11.5. The van der Waals surface area contributed by atoms with Crippen molar-refractivity contribution in [3.8, 4) is 0 Å². The van der Waals surface area contributed by atoms with Gasteiger partial charge in [-0.15, -0.1) is 0 Å². The summed E-state index contributed by atoms with van der Waals surface area (Å²) in [6, 6.07) is 10.5. The summed E-state index contributed by atoms with van der Waals surface area (Å²) >= 11 is 0. The maximum atomic E-state index is 13.5. The smallest absolute Gasteiger partial charge is 0.272 e. The van der Waals surface area contributed by atoms with Gasteiger partial charge in [-0.05, 0) is 30.7 Å². The summed E-state index contributed by atoms with van der Waals surface area (Å²) in [5, 5.41) is 0. The Morgan fingerprint density at radius 2 is 1.11 bits per heavy atom. The molecule has 2 aliphatic heterocycles. The lowest BCUT2D eigenvalue weighted by Crippen LogP contribution is -2.48. The molecule has 0 saturated heterocycles. The lowest BCUT2D eigenvalue weighted by atomic mass is 9.98. The van der Waals surface area contributed by atoms with Crippen molar-refractivity contribution < 1.29 is 36.0 Å². The zero-order chi connectivity index (χ0) is 26.3. The molecule has 0 aromatic heterocycles. The fourth-order valence-electron chi connectivity index (χ4n) is 4.40. The Hall–Kier alpha value is -3.38. The Morgan fingerprint density at radius 3 is 1.53 bits per heavy atom. The van der Waals surface area contributed by atoms with E-state index in [2.05, 4.69) is 0 Å². The molecule has 2 aromatic rings. The highest BCUT2D eigenvalue weighted by atomic mass is 32.2. The zero-order valence-electron chi connectivity index (χ0n) is 19.4. The van der Waals surface area contributed by atoms with Crippen molar-refractivity contribution in [3.05, 3.63) is 59.7 Å². The van der Waals surface area contributed by atoms with Gasteiger partial charge in [-0.25, -0.2) is 16.8 Å². The average Bonchev–Trinajstić information content (AvgIpc) is 3.18. The average molecular weight is 533 g/mol. The largest absolute Gasteiger partial charge is 0.276 e. The van der Waals surface area contributed by atoms with Gasteiger partial charge in [-0.2, -0.15) is 8.61 Å². The van der Waals surface area contributed by atoms with E-state index in [-0.39, 0.29) is 42.4 Å². The summed E-state index contributed by atoms with van der Waals surface area (Å²) in [7, 11) is -9.21. The summed E-state index contributed by atoms with van der Waals surface area (Å²) in [4.78, 5) is 52.1. The number of hydrogen-bond acceptors (Lipinski definition) is 8. The second-order valence-electron chi connectivity index (χ2n) is 8.57. The lowest BCUT2D eigenvalue weighted by molar-refractivity contribution is -0.139. The van der Waals surface area contributed by atoms with Crippen molar-refractivity contribution in [2.75, 3.05) is 0 Å². The Labute approximate surface area is 209 Å². The highest BCUT2D eigenvalue weighted by molar-refractivity contribution is 7.91. The summed E-state index contributed by atoms with van der Waals surface area (Å²) in [6.07, 6.45) is 3.25. The molecule has 2 aromatic carbocycles. The van der Waals surface area contributed by atoms with Gasteiger partial charge in [0.2, 0.25) is 0 Å². The molecule has 2 heterocycles. The Kier molecular flexibility index (Phi) is 6.84. The predicted molar refractivity (Wildman–Crippen MR) is 126 cm³/mol. The monoisotopic (exact) mass is 532 g/mol. The number of sulfonamides is 2. The molecule has 0 aliphatic carbocycles. The fourth-order valence-corrected chi connectivity index (χ4v) is 7.52. The summed E-state index contributed by atoms with van der Waals surface area (Å²) < 4.78 is 52.2. The van der Waals surface area contributed by atoms with E-state index in [0.29, 0.717) is 6.42 Å². The molecule has 0 unspecified atom stereocenters. The maximum absolute atomic E-state index is 13.5. The number of nitrogens with zero attached hydrogens (tertiary/aromatic N) is 2. The van der Waals surface area contributed by atoms with E-state index in [4.69, 9.17) is 0 Å². The molecule has 190 valence electrons. The van der Waals surface area contributed by atoms with Crippen LogP contribution in [0.1, 0.15) is 66.2 Å². The highest BCUT2D eigenvalue weighted by Gasteiger charge is 2.53. The number of hydrogen-bond donors (Lipinski definition) is 0. The fraction of sp³-hybridized carbons (Fsp3) is 0.333. The van der Waals surface area contributed by atoms with Gasteiger partial charge < -0.3 is 0 Å². The number of unbranched alkanes of at least 4 members (excludes halogenated alkanes) is 4. The summed E-state index contributed by atoms with van der Waals surface area (Å²) in [5.74, 6) is -6.88. The van der Waals surface area contributed by atoms with Gasteiger partial charge in [0.1, 0.15) is 15.7 Å². The third-order valence-corrected chi connectivity index (χ3v) is 9.71. The van der Waals surface area contributed by atoms with Gasteiger partial charge in [0.25, 0.3) is 43.7 Å². The van der Waals surface area contributed by atoms with Crippen LogP contribution in [0.5, 0.6) is 0 Å². The van der Waals surface area contributed by atoms with Gasteiger partial charge in [-0.3, -0.25) is 19.2 Å². The molecule has 0 N–H and O–H groups in total. The first kappa shape index (κ1) is 25.7. The molecule has 0 atom stereocenters. The molecule has 0 fully saturated rings. The van der Waals surface area contributed by atoms with Gasteiger partial charge in [-0.1, -0.05) is 63.3 Å². The number of carbonyl (C=O) groups is 4. The van der Waals surface area contributed by atoms with Gasteiger partial charge >= 0.3 is 0 Å². The highest BCUT2D eigenvalue weighted by Crippen LogP contribution is 2.35. The molecule has 4 rings (SSSR count). The van der Waals surface area contributed by atoms with E-state index in [1.807, 2.05) is 6.92 Å². The zero-order valence-corrected chi connectivity index (χ0v) is 21.0. The minimum Gasteiger partial charge on any atom is -0.272 e. The third kappa shape index (κ3) is 4.03. The quantitative estimate of drug-likeness (QED) is 0.373. The maximum Gasteiger partial charge on any atom is 0.276 e. The van der Waals surface area contributed by atoms with Crippen molar-refractivity contribution in [2.45, 2.75) is 55.2 Å². The van der Waals surface area contributed by atoms with Crippen LogP contribution in [0.3, 0.4) is 0 Å². The molecule has 12 heteroatoms. The van der Waals surface area contributed by atoms with Crippen LogP contribution < -0.4 is 0 Å². The van der Waals surface area contributed by atoms with E-state index in [1.165, 1.54) is 48.5 Å². The number of fused-ring (bicyclic) bond motifs is 2. The molecule has 0 saturated carbocycles. The van der Waals surface area contributed by atoms with Crippen molar-refractivity contribution in [1.82, 2.24) is 8.61 Å². The molecule has 0 radical (unpaired) electrons. The topological polar surface area (TPSA) is 143 Å². The van der Waals surface area contributed by atoms with Gasteiger partial charge in [0.05, 0.1) is 11.1 Å². The molecule has 0 spiro atoms. The van der Waals surface area contributed by atoms with Crippen LogP contribution >= 0.6 is 0 Å². The van der Waals surface area contributed by atoms with Crippen LogP contribution in [-0.4, -0.2) is 49.1 Å². The molecular weight excluding hydrogens is 508 g/mol. The van der Waals surface area contributed by atoms with Gasteiger partial charge in [0, 0.05) is 0 Å². The molecule has 10 nitrogen and oxygen atoms in total. The van der Waals surface area contributed by atoms with E-state index in [0.717, 1.165) is 19.3 Å². The van der Waals surface area contributed by atoms with Crippen LogP contribution in [0, 0.1) is 5.92 Å². The second-order valence-corrected chi connectivity index (χ2v) is 12.1. The first-order valence-corrected chi connectivity index (χ1v) is 14.4. The number of carbonyl (C=O) groups excluding carboxylic acids is 4. The molecule has 36 heavy (non-hydrogen) atoms. The minimum atomic E-state index is -4.60. The van der Waals surface area contributed by atoms with E-state index < -0.39 is 49.6 Å². The summed E-state index contributed by atoms with van der Waals surface area (Å²) in [5.41, 5.74) is -0.449. The first-order chi connectivity index (χ1) is 17.0. The van der Waals surface area contributed by atoms with Crippen molar-refractivity contribution in [3.63, 3.8) is 0 Å². The summed E-state index contributed by atoms with van der Waals surface area (Å²) in [6.45, 7) is 2.00. The standard InChI is InChI=1S/C24H24N2O8S2/c1-2-3-4-5-6-13-18(23(29)25-21(27)16-11-7-9-14-19(16)35(25,31)32)24(30)26-22(28)17-12-8-10-15-20(17)36(26,33)34/h7-12,14-15,18H,2-6,13H2,1H3. The minimum absolute atomic E-state index is 0.0204. The SMILES string of the molecule is CCCCCCCC(C(=O)N1C(=O)c2ccccc2S1(=O)=O)C(=O)N1C(=O)c2ccccc2S1(=O)=O. The van der Waals surface area contributed by atoms with Crippen molar-refractivity contribution >= 4 is 43.7 Å². The van der Waals surface area contributed by atoms with Crippen LogP contribution in [0.25, 0.3) is 0 Å². The number of benzene rings is 2. The van der Waals surface area contributed by atoms with E-state index >= 15 is 0 Å². The normalized spacial score (nSPS) is 17.4. The van der Waals surface area contributed by atoms with Crippen molar-refractivity contribution in [1.29, 1.82) is 0 Å². The number of imide groups is 2. The molecular formula is C24H24N2O8S2. The molecule has 0 bridgehead atoms. The van der Waals surface area contributed by atoms with Crippen LogP contribution in [0.2, 0.25) is 0 Å². The Morgan fingerprint density at radius 1 is 0.694 bits per heavy atom. The van der Waals surface area contributed by atoms with Crippen LogP contribution in [0.4, 0.5) is 0 Å². The number of rotatable bonds is 8. The number of amides is 4. The van der Waals surface area contributed by atoms with E-state index in [9.17, 15) is 36.0 Å². The second kappa shape index (κ2) is 9.58. The molecule has 4 amide bonds. The Bertz CT molecular complexity index is 1380. The van der Waals surface area contributed by atoms with Crippen molar-refractivity contribution in [2.24, 2.45) is 5.92 Å². The third-order valence-electron chi connectivity index (χ3n) is 6.23. The Balaban J connectivity index is 1.71. The van der Waals surface area contributed by atoms with Crippen LogP contribution in [0.15, 0.2) is 58.3 Å². The lowest BCUT2D eigenvalue weighted by Gasteiger charge is -2.23. The van der Waals surface area contributed by atoms with Gasteiger partial charge in [0.15, 0.2) is 0 Å². The van der Waals surface area contributed by atoms with Crippen LogP contribution in [-0.2, 0) is 29.6 Å². The predicted octanol–water partition coefficient (Wildman–Crippen LogP) is 2.71. The van der Waals surface area contributed by atoms with E-state index in [1.54, 1.807) is 0 Å².